The number of sulfonamides is 1. The van der Waals surface area contributed by atoms with Crippen LogP contribution in [-0.4, -0.2) is 59.2 Å². The van der Waals surface area contributed by atoms with E-state index in [1.165, 1.54) is 4.90 Å². The summed E-state index contributed by atoms with van der Waals surface area (Å²) in [6, 6.07) is 10.9. The first-order chi connectivity index (χ1) is 16.3. The van der Waals surface area contributed by atoms with E-state index < -0.39 is 34.2 Å². The summed E-state index contributed by atoms with van der Waals surface area (Å²) in [5.41, 5.74) is 0.336. The Kier molecular flexibility index (Phi) is 8.97. The molecule has 1 aliphatic heterocycles. The third kappa shape index (κ3) is 6.99. The van der Waals surface area contributed by atoms with E-state index in [0.717, 1.165) is 37.1 Å². The van der Waals surface area contributed by atoms with Crippen molar-refractivity contribution in [3.8, 4) is 5.75 Å². The number of rotatable bonds is 11. The van der Waals surface area contributed by atoms with Crippen LogP contribution < -0.4 is 19.7 Å². The molecule has 9 nitrogen and oxygen atoms in total. The zero-order valence-electron chi connectivity index (χ0n) is 18.8. The zero-order valence-corrected chi connectivity index (χ0v) is 19.6. The summed E-state index contributed by atoms with van der Waals surface area (Å²) in [5.74, 6) is -1.28. The van der Waals surface area contributed by atoms with Gasteiger partial charge in [0.2, 0.25) is 21.8 Å². The number of benzene rings is 2. The van der Waals surface area contributed by atoms with Crippen LogP contribution >= 0.6 is 0 Å². The molecule has 1 aliphatic rings. The maximum Gasteiger partial charge on any atom is 0.242 e. The van der Waals surface area contributed by atoms with Gasteiger partial charge in [0.1, 0.15) is 18.1 Å². The van der Waals surface area contributed by atoms with Crippen molar-refractivity contribution < 1.29 is 31.9 Å². The predicted octanol–water partition coefficient (Wildman–Crippen LogP) is 1.83. The van der Waals surface area contributed by atoms with Crippen molar-refractivity contribution >= 4 is 27.5 Å². The zero-order chi connectivity index (χ0) is 24.6. The summed E-state index contributed by atoms with van der Waals surface area (Å²) in [6.07, 6.45) is 1.72. The van der Waals surface area contributed by atoms with E-state index >= 15 is 0 Å². The van der Waals surface area contributed by atoms with E-state index in [1.807, 2.05) is 0 Å². The molecule has 2 amide bonds. The van der Waals surface area contributed by atoms with Gasteiger partial charge < -0.3 is 14.8 Å². The van der Waals surface area contributed by atoms with E-state index in [9.17, 15) is 22.4 Å². The van der Waals surface area contributed by atoms with Gasteiger partial charge in [0.25, 0.3) is 0 Å². The quantitative estimate of drug-likeness (QED) is 0.494. The van der Waals surface area contributed by atoms with Crippen LogP contribution in [0.3, 0.4) is 0 Å². The van der Waals surface area contributed by atoms with Crippen LogP contribution in [0.4, 0.5) is 10.1 Å². The van der Waals surface area contributed by atoms with E-state index in [0.29, 0.717) is 31.2 Å². The number of amides is 2. The molecule has 0 saturated carbocycles. The molecule has 2 N–H and O–H groups in total. The summed E-state index contributed by atoms with van der Waals surface area (Å²) in [7, 11) is -4.07. The smallest absolute Gasteiger partial charge is 0.242 e. The van der Waals surface area contributed by atoms with Gasteiger partial charge in [-0.3, -0.25) is 14.5 Å². The molecule has 0 aromatic heterocycles. The SMILES string of the molecule is CCOc1ccccc1N(CC(=O)NC[C@@H]1CCCO1)C(=O)CNS(=O)(=O)c1ccc(F)cc1. The molecule has 34 heavy (non-hydrogen) atoms. The lowest BCUT2D eigenvalue weighted by atomic mass is 10.2. The fraction of sp³-hybridized carbons (Fsp3) is 0.391. The highest BCUT2D eigenvalue weighted by Crippen LogP contribution is 2.28. The van der Waals surface area contributed by atoms with Crippen LogP contribution in [0.1, 0.15) is 19.8 Å². The Morgan fingerprint density at radius 3 is 2.59 bits per heavy atom. The van der Waals surface area contributed by atoms with Crippen molar-refractivity contribution in [3.05, 3.63) is 54.3 Å². The second-order valence-electron chi connectivity index (χ2n) is 7.60. The molecule has 0 unspecified atom stereocenters. The summed E-state index contributed by atoms with van der Waals surface area (Å²) in [6.45, 7) is 2.15. The molecule has 11 heteroatoms. The van der Waals surface area contributed by atoms with Crippen molar-refractivity contribution in [2.75, 3.05) is 37.7 Å². The summed E-state index contributed by atoms with van der Waals surface area (Å²) in [5, 5.41) is 2.76. The third-order valence-corrected chi connectivity index (χ3v) is 6.56. The minimum Gasteiger partial charge on any atom is -0.492 e. The Morgan fingerprint density at radius 2 is 1.91 bits per heavy atom. The third-order valence-electron chi connectivity index (χ3n) is 5.15. The van der Waals surface area contributed by atoms with Crippen molar-refractivity contribution in [3.63, 3.8) is 0 Å². The van der Waals surface area contributed by atoms with Crippen LogP contribution in [0, 0.1) is 5.82 Å². The number of para-hydroxylation sites is 2. The van der Waals surface area contributed by atoms with Gasteiger partial charge in [0, 0.05) is 13.2 Å². The van der Waals surface area contributed by atoms with Crippen LogP contribution in [0.2, 0.25) is 0 Å². The van der Waals surface area contributed by atoms with Crippen LogP contribution in [0.15, 0.2) is 53.4 Å². The molecule has 1 heterocycles. The molecule has 0 aliphatic carbocycles. The summed E-state index contributed by atoms with van der Waals surface area (Å²) >= 11 is 0. The van der Waals surface area contributed by atoms with Gasteiger partial charge in [-0.1, -0.05) is 12.1 Å². The molecule has 1 atom stereocenters. The number of carbonyl (C=O) groups excluding carboxylic acids is 2. The molecule has 1 fully saturated rings. The summed E-state index contributed by atoms with van der Waals surface area (Å²) in [4.78, 5) is 26.7. The van der Waals surface area contributed by atoms with Gasteiger partial charge in [-0.15, -0.1) is 0 Å². The monoisotopic (exact) mass is 493 g/mol. The molecule has 1 saturated heterocycles. The Bertz CT molecular complexity index is 1090. The van der Waals surface area contributed by atoms with E-state index in [-0.39, 0.29) is 17.5 Å². The molecule has 2 aromatic rings. The number of carbonyl (C=O) groups is 2. The van der Waals surface area contributed by atoms with Crippen molar-refractivity contribution in [1.82, 2.24) is 10.0 Å². The van der Waals surface area contributed by atoms with Gasteiger partial charge in [-0.05, 0) is 56.2 Å². The Hall–Kier alpha value is -3.02. The lowest BCUT2D eigenvalue weighted by Crippen LogP contribution is -2.46. The van der Waals surface area contributed by atoms with Crippen LogP contribution in [0.5, 0.6) is 5.75 Å². The number of nitrogens with one attached hydrogen (secondary N) is 2. The first-order valence-corrected chi connectivity index (χ1v) is 12.4. The second-order valence-corrected chi connectivity index (χ2v) is 9.37. The molecule has 0 radical (unpaired) electrons. The number of hydrogen-bond donors (Lipinski definition) is 2. The van der Waals surface area contributed by atoms with Crippen molar-refractivity contribution in [2.24, 2.45) is 0 Å². The predicted molar refractivity (Wildman–Crippen MR) is 124 cm³/mol. The van der Waals surface area contributed by atoms with Crippen molar-refractivity contribution in [2.45, 2.75) is 30.8 Å². The number of hydrogen-bond acceptors (Lipinski definition) is 6. The Labute approximate surface area is 198 Å². The fourth-order valence-corrected chi connectivity index (χ4v) is 4.42. The van der Waals surface area contributed by atoms with E-state index in [2.05, 4.69) is 10.0 Å². The Balaban J connectivity index is 1.74. The Morgan fingerprint density at radius 1 is 1.18 bits per heavy atom. The minimum atomic E-state index is -4.07. The highest BCUT2D eigenvalue weighted by atomic mass is 32.2. The molecule has 3 rings (SSSR count). The lowest BCUT2D eigenvalue weighted by Gasteiger charge is -2.25. The maximum absolute atomic E-state index is 13.1. The molecule has 0 spiro atoms. The first kappa shape index (κ1) is 25.6. The average molecular weight is 494 g/mol. The highest BCUT2D eigenvalue weighted by Gasteiger charge is 2.25. The van der Waals surface area contributed by atoms with E-state index in [1.54, 1.807) is 31.2 Å². The number of halogens is 1. The van der Waals surface area contributed by atoms with E-state index in [4.69, 9.17) is 9.47 Å². The van der Waals surface area contributed by atoms with Crippen LogP contribution in [-0.2, 0) is 24.3 Å². The molecular weight excluding hydrogens is 465 g/mol. The first-order valence-electron chi connectivity index (χ1n) is 11.0. The van der Waals surface area contributed by atoms with Gasteiger partial charge >= 0.3 is 0 Å². The van der Waals surface area contributed by atoms with Crippen molar-refractivity contribution in [1.29, 1.82) is 0 Å². The van der Waals surface area contributed by atoms with Crippen LogP contribution in [0.25, 0.3) is 0 Å². The number of ether oxygens (including phenoxy) is 2. The maximum atomic E-state index is 13.1. The average Bonchev–Trinajstić information content (AvgIpc) is 3.35. The second kappa shape index (κ2) is 11.9. The molecular formula is C23H28FN3O6S. The standard InChI is InChI=1S/C23H28FN3O6S/c1-2-32-21-8-4-3-7-20(21)27(16-22(28)25-14-18-6-5-13-33-18)23(29)15-26-34(30,31)19-11-9-17(24)10-12-19/h3-4,7-12,18,26H,2,5-6,13-16H2,1H3,(H,25,28)/t18-/m0/s1. The van der Waals surface area contributed by atoms with Gasteiger partial charge in [0.05, 0.1) is 29.8 Å². The fourth-order valence-electron chi connectivity index (χ4n) is 3.45. The molecule has 2 aromatic carbocycles. The number of anilines is 1. The molecule has 0 bridgehead atoms. The number of nitrogens with zero attached hydrogens (tertiary/aromatic N) is 1. The highest BCUT2D eigenvalue weighted by molar-refractivity contribution is 7.89. The normalized spacial score (nSPS) is 15.6. The van der Waals surface area contributed by atoms with Gasteiger partial charge in [-0.25, -0.2) is 17.5 Å². The summed E-state index contributed by atoms with van der Waals surface area (Å²) < 4.78 is 51.5. The van der Waals surface area contributed by atoms with Gasteiger partial charge in [0.15, 0.2) is 0 Å². The van der Waals surface area contributed by atoms with Gasteiger partial charge in [-0.2, -0.15) is 0 Å². The topological polar surface area (TPSA) is 114 Å². The lowest BCUT2D eigenvalue weighted by molar-refractivity contribution is -0.123. The molecule has 184 valence electrons. The minimum absolute atomic E-state index is 0.0636. The largest absolute Gasteiger partial charge is 0.492 e.